The third-order valence-corrected chi connectivity index (χ3v) is 4.72. The molecule has 1 aliphatic rings. The Balaban J connectivity index is 2.38. The summed E-state index contributed by atoms with van der Waals surface area (Å²) in [5.41, 5.74) is 4.84. The third-order valence-electron chi connectivity index (χ3n) is 4.72. The molecule has 1 aliphatic heterocycles. The molecule has 2 N–H and O–H groups in total. The highest BCUT2D eigenvalue weighted by atomic mass is 16.7. The topological polar surface area (TPSA) is 149 Å². The van der Waals surface area contributed by atoms with E-state index in [0.717, 1.165) is 4.57 Å². The van der Waals surface area contributed by atoms with Crippen LogP contribution in [0.2, 0.25) is 0 Å². The van der Waals surface area contributed by atoms with Gasteiger partial charge in [-0.1, -0.05) is 20.8 Å². The standard InChI is InChI=1S/C21H31N3O8/c1-4-7-15(25)29-12-13-18(31-16(26)8-5-2)19(32-17(27)9-6-3)20(30-13)24-11-10-14(22)23-21(24)28/h10-11,13,18-20H,4-9,12H2,1-3H3,(H2,22,23,28)/t13-,18+,19+,20-/m1/s1. The maximum Gasteiger partial charge on any atom is 0.351 e. The van der Waals surface area contributed by atoms with Gasteiger partial charge in [0.15, 0.2) is 18.4 Å². The van der Waals surface area contributed by atoms with Crippen LogP contribution < -0.4 is 11.4 Å². The number of hydrogen-bond donors (Lipinski definition) is 1. The largest absolute Gasteiger partial charge is 0.463 e. The maximum absolute atomic E-state index is 12.4. The molecule has 4 atom stereocenters. The first kappa shape index (κ1) is 25.3. The minimum absolute atomic E-state index is 0.0137. The van der Waals surface area contributed by atoms with Crippen molar-refractivity contribution in [3.05, 3.63) is 22.7 Å². The van der Waals surface area contributed by atoms with E-state index in [0.29, 0.717) is 19.3 Å². The molecule has 32 heavy (non-hydrogen) atoms. The summed E-state index contributed by atoms with van der Waals surface area (Å²) in [5.74, 6) is -1.49. The van der Waals surface area contributed by atoms with Crippen LogP contribution in [0.15, 0.2) is 17.1 Å². The molecule has 0 amide bonds. The lowest BCUT2D eigenvalue weighted by Crippen LogP contribution is -2.42. The van der Waals surface area contributed by atoms with E-state index in [2.05, 4.69) is 4.98 Å². The van der Waals surface area contributed by atoms with Crippen molar-refractivity contribution in [3.8, 4) is 0 Å². The number of esters is 3. The molecule has 0 spiro atoms. The molecule has 0 aliphatic carbocycles. The van der Waals surface area contributed by atoms with E-state index in [1.165, 1.54) is 12.3 Å². The zero-order chi connectivity index (χ0) is 23.7. The molecule has 1 saturated heterocycles. The lowest BCUT2D eigenvalue weighted by Gasteiger charge is -2.24. The molecule has 0 radical (unpaired) electrons. The highest BCUT2D eigenvalue weighted by Gasteiger charge is 2.51. The van der Waals surface area contributed by atoms with Crippen molar-refractivity contribution in [2.75, 3.05) is 12.3 Å². The minimum Gasteiger partial charge on any atom is -0.463 e. The van der Waals surface area contributed by atoms with E-state index in [9.17, 15) is 19.2 Å². The Morgan fingerprint density at radius 3 is 2.12 bits per heavy atom. The number of hydrogen-bond acceptors (Lipinski definition) is 10. The minimum atomic E-state index is -1.15. The number of rotatable bonds is 11. The average molecular weight is 453 g/mol. The Morgan fingerprint density at radius 1 is 1.00 bits per heavy atom. The lowest BCUT2D eigenvalue weighted by atomic mass is 10.1. The molecule has 2 rings (SSSR count). The fraction of sp³-hybridized carbons (Fsp3) is 0.667. The summed E-state index contributed by atoms with van der Waals surface area (Å²) in [7, 11) is 0. The van der Waals surface area contributed by atoms with Crippen molar-refractivity contribution in [1.82, 2.24) is 9.55 Å². The number of nitrogen functional groups attached to an aromatic ring is 1. The zero-order valence-electron chi connectivity index (χ0n) is 18.7. The number of ether oxygens (including phenoxy) is 4. The number of aromatic nitrogens is 2. The van der Waals surface area contributed by atoms with Crippen LogP contribution in [0.4, 0.5) is 5.82 Å². The van der Waals surface area contributed by atoms with E-state index < -0.39 is 48.1 Å². The Bertz CT molecular complexity index is 856. The second-order valence-electron chi connectivity index (χ2n) is 7.45. The van der Waals surface area contributed by atoms with Crippen molar-refractivity contribution >= 4 is 23.7 Å². The maximum atomic E-state index is 12.4. The van der Waals surface area contributed by atoms with Crippen LogP contribution >= 0.6 is 0 Å². The third kappa shape index (κ3) is 6.78. The zero-order valence-corrected chi connectivity index (χ0v) is 18.7. The van der Waals surface area contributed by atoms with Gasteiger partial charge in [0.2, 0.25) is 0 Å². The first-order valence-electron chi connectivity index (χ1n) is 10.8. The van der Waals surface area contributed by atoms with Crippen molar-refractivity contribution in [2.24, 2.45) is 0 Å². The van der Waals surface area contributed by atoms with Crippen molar-refractivity contribution < 1.29 is 33.3 Å². The number of carbonyl (C=O) groups excluding carboxylic acids is 3. The predicted molar refractivity (Wildman–Crippen MR) is 112 cm³/mol. The summed E-state index contributed by atoms with van der Waals surface area (Å²) in [4.78, 5) is 52.6. The van der Waals surface area contributed by atoms with Crippen LogP contribution in [0.5, 0.6) is 0 Å². The summed E-state index contributed by atoms with van der Waals surface area (Å²) >= 11 is 0. The summed E-state index contributed by atoms with van der Waals surface area (Å²) in [6.45, 7) is 5.23. The number of nitrogens with two attached hydrogens (primary N) is 1. The molecule has 0 aromatic carbocycles. The smallest absolute Gasteiger partial charge is 0.351 e. The molecule has 11 heteroatoms. The van der Waals surface area contributed by atoms with Gasteiger partial charge in [0.25, 0.3) is 0 Å². The fourth-order valence-corrected chi connectivity index (χ4v) is 3.23. The van der Waals surface area contributed by atoms with Crippen LogP contribution in [-0.4, -0.2) is 52.4 Å². The van der Waals surface area contributed by atoms with Gasteiger partial charge >= 0.3 is 23.6 Å². The van der Waals surface area contributed by atoms with Gasteiger partial charge in [-0.05, 0) is 25.3 Å². The number of carbonyl (C=O) groups is 3. The molecular weight excluding hydrogens is 422 g/mol. The molecule has 178 valence electrons. The van der Waals surface area contributed by atoms with Gasteiger partial charge in [-0.15, -0.1) is 0 Å². The molecule has 0 unspecified atom stereocenters. The Hall–Kier alpha value is -2.95. The van der Waals surface area contributed by atoms with Crippen molar-refractivity contribution in [2.45, 2.75) is 83.8 Å². The molecule has 1 aromatic rings. The molecule has 0 saturated carbocycles. The number of nitrogens with zero attached hydrogens (tertiary/aromatic N) is 2. The van der Waals surface area contributed by atoms with Gasteiger partial charge in [-0.25, -0.2) is 4.79 Å². The molecule has 0 bridgehead atoms. The molecule has 11 nitrogen and oxygen atoms in total. The van der Waals surface area contributed by atoms with Gasteiger partial charge < -0.3 is 24.7 Å². The van der Waals surface area contributed by atoms with Crippen LogP contribution in [0.25, 0.3) is 0 Å². The quantitative estimate of drug-likeness (QED) is 0.386. The van der Waals surface area contributed by atoms with E-state index in [4.69, 9.17) is 24.7 Å². The monoisotopic (exact) mass is 453 g/mol. The normalized spacial score (nSPS) is 22.3. The summed E-state index contributed by atoms with van der Waals surface area (Å²) in [6, 6.07) is 1.39. The van der Waals surface area contributed by atoms with Crippen molar-refractivity contribution in [3.63, 3.8) is 0 Å². The summed E-state index contributed by atoms with van der Waals surface area (Å²) in [5, 5.41) is 0. The Morgan fingerprint density at radius 2 is 1.56 bits per heavy atom. The molecule has 1 aromatic heterocycles. The first-order valence-corrected chi connectivity index (χ1v) is 10.8. The first-order chi connectivity index (χ1) is 15.3. The second kappa shape index (κ2) is 12.2. The SMILES string of the molecule is CCCC(=O)OC[C@H]1O[C@@H](n2ccc(N)nc2=O)[C@@H](OC(=O)CCC)[C@H]1OC(=O)CCC. The Kier molecular flexibility index (Phi) is 9.63. The Labute approximate surface area is 186 Å². The highest BCUT2D eigenvalue weighted by molar-refractivity contribution is 5.71. The van der Waals surface area contributed by atoms with Crippen LogP contribution in [0.3, 0.4) is 0 Å². The summed E-state index contributed by atoms with van der Waals surface area (Å²) < 4.78 is 23.4. The van der Waals surface area contributed by atoms with E-state index in [1.54, 1.807) is 0 Å². The molecule has 2 heterocycles. The van der Waals surface area contributed by atoms with Crippen LogP contribution in [-0.2, 0) is 33.3 Å². The molecule has 1 fully saturated rings. The lowest BCUT2D eigenvalue weighted by molar-refractivity contribution is -0.169. The highest BCUT2D eigenvalue weighted by Crippen LogP contribution is 2.34. The van der Waals surface area contributed by atoms with Gasteiger partial charge in [-0.2, -0.15) is 4.98 Å². The number of anilines is 1. The van der Waals surface area contributed by atoms with Gasteiger partial charge in [-0.3, -0.25) is 19.0 Å². The fourth-order valence-electron chi connectivity index (χ4n) is 3.23. The van der Waals surface area contributed by atoms with E-state index in [1.807, 2.05) is 20.8 Å². The van der Waals surface area contributed by atoms with Gasteiger partial charge in [0.05, 0.1) is 0 Å². The van der Waals surface area contributed by atoms with E-state index >= 15 is 0 Å². The van der Waals surface area contributed by atoms with Gasteiger partial charge in [0.1, 0.15) is 18.5 Å². The van der Waals surface area contributed by atoms with E-state index in [-0.39, 0.29) is 31.7 Å². The second-order valence-corrected chi connectivity index (χ2v) is 7.45. The average Bonchev–Trinajstić information content (AvgIpc) is 3.04. The van der Waals surface area contributed by atoms with Crippen LogP contribution in [0.1, 0.15) is 65.5 Å². The van der Waals surface area contributed by atoms with Crippen LogP contribution in [0, 0.1) is 0 Å². The van der Waals surface area contributed by atoms with Crippen molar-refractivity contribution in [1.29, 1.82) is 0 Å². The molecular formula is C21H31N3O8. The van der Waals surface area contributed by atoms with Gasteiger partial charge in [0, 0.05) is 25.5 Å². The summed E-state index contributed by atoms with van der Waals surface area (Å²) in [6.07, 6.45) is -0.799. The predicted octanol–water partition coefficient (Wildman–Crippen LogP) is 1.49.